The third-order valence-corrected chi connectivity index (χ3v) is 4.66. The number of anilines is 5. The summed E-state index contributed by atoms with van der Waals surface area (Å²) in [6.07, 6.45) is 5.35. The van der Waals surface area contributed by atoms with Gasteiger partial charge in [0, 0.05) is 36.7 Å². The molecule has 3 heterocycles. The molecule has 29 heavy (non-hydrogen) atoms. The Bertz CT molecular complexity index is 996. The van der Waals surface area contributed by atoms with E-state index >= 15 is 0 Å². The molecule has 1 saturated heterocycles. The van der Waals surface area contributed by atoms with Gasteiger partial charge in [0.1, 0.15) is 0 Å². The zero-order valence-electron chi connectivity index (χ0n) is 15.7. The molecular formula is C19H22N8O2. The van der Waals surface area contributed by atoms with Crippen molar-refractivity contribution in [2.24, 2.45) is 5.73 Å². The number of benzene rings is 1. The van der Waals surface area contributed by atoms with Crippen LogP contribution in [0.15, 0.2) is 42.7 Å². The van der Waals surface area contributed by atoms with Gasteiger partial charge in [-0.2, -0.15) is 10.1 Å². The summed E-state index contributed by atoms with van der Waals surface area (Å²) in [5.41, 5.74) is 12.8. The average molecular weight is 394 g/mol. The van der Waals surface area contributed by atoms with Gasteiger partial charge < -0.3 is 26.8 Å². The summed E-state index contributed by atoms with van der Waals surface area (Å²) in [6, 6.07) is 8.93. The Labute approximate surface area is 167 Å². The van der Waals surface area contributed by atoms with E-state index < -0.39 is 5.91 Å². The molecule has 1 fully saturated rings. The van der Waals surface area contributed by atoms with Gasteiger partial charge in [-0.1, -0.05) is 0 Å². The second-order valence-electron chi connectivity index (χ2n) is 6.71. The first kappa shape index (κ1) is 18.7. The summed E-state index contributed by atoms with van der Waals surface area (Å²) in [5.74, 6) is 0.980. The van der Waals surface area contributed by atoms with E-state index in [2.05, 4.69) is 25.7 Å². The number of hydrogen-bond donors (Lipinski definition) is 4. The van der Waals surface area contributed by atoms with Crippen LogP contribution in [0.3, 0.4) is 0 Å². The van der Waals surface area contributed by atoms with Crippen LogP contribution in [0.4, 0.5) is 29.0 Å². The van der Waals surface area contributed by atoms with Crippen molar-refractivity contribution in [1.82, 2.24) is 19.7 Å². The number of nitrogens with one attached hydrogen (secondary N) is 2. The van der Waals surface area contributed by atoms with Gasteiger partial charge in [0.2, 0.25) is 11.9 Å². The number of hydrogen-bond acceptors (Lipinski definition) is 8. The van der Waals surface area contributed by atoms with Crippen LogP contribution in [0, 0.1) is 0 Å². The first-order valence-electron chi connectivity index (χ1n) is 9.28. The van der Waals surface area contributed by atoms with Gasteiger partial charge in [-0.3, -0.25) is 9.48 Å². The van der Waals surface area contributed by atoms with Crippen molar-refractivity contribution in [3.63, 3.8) is 0 Å². The summed E-state index contributed by atoms with van der Waals surface area (Å²) in [4.78, 5) is 19.8. The molecule has 1 aliphatic rings. The number of ether oxygens (including phenoxy) is 1. The molecule has 1 aliphatic heterocycles. The number of primary amides is 1. The zero-order chi connectivity index (χ0) is 20.2. The summed E-state index contributed by atoms with van der Waals surface area (Å²) in [6.45, 7) is 1.51. The molecule has 1 aromatic carbocycles. The van der Waals surface area contributed by atoms with Crippen LogP contribution in [-0.4, -0.2) is 38.9 Å². The zero-order valence-corrected chi connectivity index (χ0v) is 15.7. The van der Waals surface area contributed by atoms with Crippen LogP contribution < -0.4 is 22.1 Å². The van der Waals surface area contributed by atoms with Crippen molar-refractivity contribution in [3.8, 4) is 0 Å². The monoisotopic (exact) mass is 394 g/mol. The van der Waals surface area contributed by atoms with Crippen molar-refractivity contribution in [2.45, 2.75) is 18.9 Å². The molecular weight excluding hydrogens is 372 g/mol. The van der Waals surface area contributed by atoms with E-state index in [9.17, 15) is 4.79 Å². The molecule has 150 valence electrons. The number of nitrogens with zero attached hydrogens (tertiary/aromatic N) is 4. The van der Waals surface area contributed by atoms with Gasteiger partial charge in [0.25, 0.3) is 0 Å². The van der Waals surface area contributed by atoms with E-state index in [0.717, 1.165) is 31.7 Å². The van der Waals surface area contributed by atoms with Gasteiger partial charge in [-0.15, -0.1) is 0 Å². The Morgan fingerprint density at radius 2 is 1.90 bits per heavy atom. The highest BCUT2D eigenvalue weighted by Gasteiger charge is 2.16. The van der Waals surface area contributed by atoms with Gasteiger partial charge in [0.05, 0.1) is 17.9 Å². The SMILES string of the molecule is NC(=O)c1ccc(Nc2nc(Nc3ccn(C4CCOCC4)n3)ncc2N)cc1. The van der Waals surface area contributed by atoms with Crippen LogP contribution in [-0.2, 0) is 4.74 Å². The van der Waals surface area contributed by atoms with Crippen LogP contribution in [0.2, 0.25) is 0 Å². The third kappa shape index (κ3) is 4.43. The standard InChI is InChI=1S/C19H22N8O2/c20-15-11-22-19(24-16-5-8-27(26-16)14-6-9-29-10-7-14)25-18(15)23-13-3-1-12(2-4-13)17(21)28/h1-5,8,11,14H,6-7,9-10,20H2,(H2,21,28)(H2,22,23,24,25,26). The highest BCUT2D eigenvalue weighted by molar-refractivity contribution is 5.93. The Morgan fingerprint density at radius 3 is 2.62 bits per heavy atom. The van der Waals surface area contributed by atoms with E-state index in [-0.39, 0.29) is 0 Å². The molecule has 10 heteroatoms. The molecule has 4 rings (SSSR count). The van der Waals surface area contributed by atoms with E-state index in [0.29, 0.717) is 34.9 Å². The number of amides is 1. The molecule has 2 aromatic heterocycles. The molecule has 6 N–H and O–H groups in total. The minimum Gasteiger partial charge on any atom is -0.394 e. The molecule has 3 aromatic rings. The number of aromatic nitrogens is 4. The molecule has 1 amide bonds. The first-order chi connectivity index (χ1) is 14.1. The van der Waals surface area contributed by atoms with Crippen LogP contribution in [0.5, 0.6) is 0 Å². The van der Waals surface area contributed by atoms with Crippen molar-refractivity contribution < 1.29 is 9.53 Å². The molecule has 0 spiro atoms. The lowest BCUT2D eigenvalue weighted by Crippen LogP contribution is -2.20. The largest absolute Gasteiger partial charge is 0.394 e. The van der Waals surface area contributed by atoms with Gasteiger partial charge in [0.15, 0.2) is 11.6 Å². The highest BCUT2D eigenvalue weighted by atomic mass is 16.5. The van der Waals surface area contributed by atoms with Crippen molar-refractivity contribution in [3.05, 3.63) is 48.3 Å². The van der Waals surface area contributed by atoms with Crippen LogP contribution >= 0.6 is 0 Å². The Morgan fingerprint density at radius 1 is 1.14 bits per heavy atom. The maximum atomic E-state index is 11.2. The Kier molecular flexibility index (Phi) is 5.25. The van der Waals surface area contributed by atoms with Gasteiger partial charge in [-0.25, -0.2) is 4.98 Å². The van der Waals surface area contributed by atoms with E-state index in [1.165, 1.54) is 6.20 Å². The van der Waals surface area contributed by atoms with Crippen LogP contribution in [0.25, 0.3) is 0 Å². The Hall–Kier alpha value is -3.66. The van der Waals surface area contributed by atoms with Crippen molar-refractivity contribution >= 4 is 34.9 Å². The fourth-order valence-corrected chi connectivity index (χ4v) is 3.08. The summed E-state index contributed by atoms with van der Waals surface area (Å²) < 4.78 is 7.34. The second kappa shape index (κ2) is 8.15. The Balaban J connectivity index is 1.46. The summed E-state index contributed by atoms with van der Waals surface area (Å²) >= 11 is 0. The number of carbonyl (C=O) groups excluding carboxylic acids is 1. The third-order valence-electron chi connectivity index (χ3n) is 4.66. The fraction of sp³-hybridized carbons (Fsp3) is 0.263. The van der Waals surface area contributed by atoms with Gasteiger partial charge in [-0.05, 0) is 37.1 Å². The topological polar surface area (TPSA) is 146 Å². The normalized spacial score (nSPS) is 14.5. The molecule has 0 aliphatic carbocycles. The smallest absolute Gasteiger partial charge is 0.248 e. The summed E-state index contributed by atoms with van der Waals surface area (Å²) in [7, 11) is 0. The molecule has 0 radical (unpaired) electrons. The average Bonchev–Trinajstić information content (AvgIpc) is 3.20. The van der Waals surface area contributed by atoms with E-state index in [1.807, 2.05) is 16.9 Å². The summed E-state index contributed by atoms with van der Waals surface area (Å²) in [5, 5.41) is 10.8. The minimum atomic E-state index is -0.482. The minimum absolute atomic E-state index is 0.340. The molecule has 0 saturated carbocycles. The highest BCUT2D eigenvalue weighted by Crippen LogP contribution is 2.24. The molecule has 0 bridgehead atoms. The molecule has 10 nitrogen and oxygen atoms in total. The van der Waals surface area contributed by atoms with Crippen molar-refractivity contribution in [1.29, 1.82) is 0 Å². The predicted octanol–water partition coefficient (Wildman–Crippen LogP) is 2.19. The maximum absolute atomic E-state index is 11.2. The van der Waals surface area contributed by atoms with Crippen molar-refractivity contribution in [2.75, 3.05) is 29.6 Å². The number of rotatable bonds is 6. The maximum Gasteiger partial charge on any atom is 0.248 e. The lowest BCUT2D eigenvalue weighted by molar-refractivity contribution is 0.0663. The lowest BCUT2D eigenvalue weighted by atomic mass is 10.1. The second-order valence-corrected chi connectivity index (χ2v) is 6.71. The molecule has 0 atom stereocenters. The van der Waals surface area contributed by atoms with Gasteiger partial charge >= 0.3 is 0 Å². The number of nitrogen functional groups attached to an aromatic ring is 1. The van der Waals surface area contributed by atoms with Crippen LogP contribution in [0.1, 0.15) is 29.2 Å². The number of nitrogens with two attached hydrogens (primary N) is 2. The van der Waals surface area contributed by atoms with E-state index in [1.54, 1.807) is 24.3 Å². The first-order valence-corrected chi connectivity index (χ1v) is 9.28. The number of carbonyl (C=O) groups is 1. The fourth-order valence-electron chi connectivity index (χ4n) is 3.08. The predicted molar refractivity (Wildman–Crippen MR) is 109 cm³/mol. The lowest BCUT2D eigenvalue weighted by Gasteiger charge is -2.22. The quantitative estimate of drug-likeness (QED) is 0.498. The van der Waals surface area contributed by atoms with E-state index in [4.69, 9.17) is 16.2 Å². The molecule has 0 unspecified atom stereocenters.